The first-order valence-electron chi connectivity index (χ1n) is 4.30. The molecule has 0 saturated heterocycles. The van der Waals surface area contributed by atoms with Gasteiger partial charge >= 0.3 is 0 Å². The summed E-state index contributed by atoms with van der Waals surface area (Å²) in [7, 11) is 0. The van der Waals surface area contributed by atoms with E-state index in [1.807, 2.05) is 13.0 Å². The van der Waals surface area contributed by atoms with E-state index in [4.69, 9.17) is 5.11 Å². The van der Waals surface area contributed by atoms with E-state index in [0.29, 0.717) is 0 Å². The van der Waals surface area contributed by atoms with Gasteiger partial charge in [0.25, 0.3) is 0 Å². The lowest BCUT2D eigenvalue weighted by atomic mass is 10.4. The molecule has 0 atom stereocenters. The predicted octanol–water partition coefficient (Wildman–Crippen LogP) is 3.29. The van der Waals surface area contributed by atoms with Gasteiger partial charge in [0, 0.05) is 5.33 Å². The van der Waals surface area contributed by atoms with Crippen LogP contribution in [0.3, 0.4) is 0 Å². The van der Waals surface area contributed by atoms with Crippen LogP contribution in [0.5, 0.6) is 0 Å². The largest absolute Gasteiger partial charge is 0.392 e. The summed E-state index contributed by atoms with van der Waals surface area (Å²) < 4.78 is 0. The second-order valence-electron chi connectivity index (χ2n) is 2.10. The van der Waals surface area contributed by atoms with Gasteiger partial charge in [-0.2, -0.15) is 0 Å². The van der Waals surface area contributed by atoms with Gasteiger partial charge in [-0.3, -0.25) is 0 Å². The molecule has 0 aliphatic heterocycles. The normalized spacial score (nSPS) is 10.3. The van der Waals surface area contributed by atoms with Crippen molar-refractivity contribution < 1.29 is 5.11 Å². The molecule has 2 heteroatoms. The molecule has 12 heavy (non-hydrogen) atoms. The van der Waals surface area contributed by atoms with Crippen LogP contribution < -0.4 is 0 Å². The van der Waals surface area contributed by atoms with E-state index in [2.05, 4.69) is 35.0 Å². The number of alkyl halides is 1. The van der Waals surface area contributed by atoms with Gasteiger partial charge in [0.1, 0.15) is 0 Å². The average molecular weight is 235 g/mol. The summed E-state index contributed by atoms with van der Waals surface area (Å²) in [5.41, 5.74) is 0. The van der Waals surface area contributed by atoms with Crippen molar-refractivity contribution in [3.8, 4) is 0 Å². The highest BCUT2D eigenvalue weighted by atomic mass is 79.9. The molecule has 72 valence electrons. The second-order valence-corrected chi connectivity index (χ2v) is 2.74. The van der Waals surface area contributed by atoms with Crippen LogP contribution in [0.1, 0.15) is 26.7 Å². The van der Waals surface area contributed by atoms with Crippen LogP contribution in [-0.4, -0.2) is 17.0 Å². The van der Waals surface area contributed by atoms with Crippen molar-refractivity contribution in [1.82, 2.24) is 0 Å². The molecule has 0 aliphatic rings. The first-order valence-corrected chi connectivity index (χ1v) is 5.42. The quantitative estimate of drug-likeness (QED) is 0.585. The summed E-state index contributed by atoms with van der Waals surface area (Å²) in [6.45, 7) is 4.33. The zero-order valence-electron chi connectivity index (χ0n) is 7.96. The summed E-state index contributed by atoms with van der Waals surface area (Å²) in [6.07, 6.45) is 10.1. The number of aliphatic hydroxyl groups excluding tert-OH is 1. The van der Waals surface area contributed by atoms with E-state index in [1.165, 1.54) is 0 Å². The third-order valence-corrected chi connectivity index (χ3v) is 1.37. The zero-order chi connectivity index (χ0) is 9.66. The van der Waals surface area contributed by atoms with Gasteiger partial charge in [-0.15, -0.1) is 0 Å². The average Bonchev–Trinajstić information content (AvgIpc) is 2.12. The van der Waals surface area contributed by atoms with Gasteiger partial charge in [0.2, 0.25) is 0 Å². The highest BCUT2D eigenvalue weighted by Gasteiger charge is 1.61. The molecule has 0 saturated carbocycles. The molecule has 0 rings (SSSR count). The van der Waals surface area contributed by atoms with Crippen LogP contribution in [0.25, 0.3) is 0 Å². The van der Waals surface area contributed by atoms with E-state index in [1.54, 1.807) is 6.08 Å². The van der Waals surface area contributed by atoms with Crippen molar-refractivity contribution in [2.24, 2.45) is 0 Å². The molecule has 1 N–H and O–H groups in total. The third-order valence-electron chi connectivity index (χ3n) is 0.999. The number of allylic oxidation sites excluding steroid dienone is 3. The van der Waals surface area contributed by atoms with Crippen LogP contribution in [-0.2, 0) is 0 Å². The maximum Gasteiger partial charge on any atom is 0.0612 e. The summed E-state index contributed by atoms with van der Waals surface area (Å²) in [4.78, 5) is 0. The lowest BCUT2D eigenvalue weighted by Crippen LogP contribution is -1.67. The zero-order valence-corrected chi connectivity index (χ0v) is 9.55. The molecular formula is C10H19BrO. The number of rotatable bonds is 4. The number of aliphatic hydroxyl groups is 1. The Morgan fingerprint density at radius 1 is 1.00 bits per heavy atom. The molecule has 0 amide bonds. The number of hydrogen-bond donors (Lipinski definition) is 1. The molecule has 0 aliphatic carbocycles. The van der Waals surface area contributed by atoms with Gasteiger partial charge in [-0.05, 0) is 12.8 Å². The molecule has 0 fully saturated rings. The maximum absolute atomic E-state index is 8.11. The van der Waals surface area contributed by atoms with Crippen molar-refractivity contribution >= 4 is 15.9 Å². The smallest absolute Gasteiger partial charge is 0.0612 e. The minimum absolute atomic E-state index is 0.174. The van der Waals surface area contributed by atoms with Crippen molar-refractivity contribution in [3.63, 3.8) is 0 Å². The molecule has 0 aromatic rings. The molecule has 0 heterocycles. The molecule has 0 spiro atoms. The van der Waals surface area contributed by atoms with Crippen LogP contribution in [0.2, 0.25) is 0 Å². The Balaban J connectivity index is 0. The van der Waals surface area contributed by atoms with Gasteiger partial charge in [0.05, 0.1) is 6.61 Å². The molecule has 1 nitrogen and oxygen atoms in total. The van der Waals surface area contributed by atoms with E-state index in [0.717, 1.165) is 18.2 Å². The summed E-state index contributed by atoms with van der Waals surface area (Å²) in [5.74, 6) is 0. The van der Waals surface area contributed by atoms with Crippen molar-refractivity contribution in [2.75, 3.05) is 11.9 Å². The number of halogens is 1. The highest BCUT2D eigenvalue weighted by molar-refractivity contribution is 9.09. The fraction of sp³-hybridized carbons (Fsp3) is 0.600. The second kappa shape index (κ2) is 17.1. The molecule has 0 unspecified atom stereocenters. The summed E-state index contributed by atoms with van der Waals surface area (Å²) >= 11 is 3.26. The molecular weight excluding hydrogens is 216 g/mol. The molecule has 0 aromatic carbocycles. The lowest BCUT2D eigenvalue weighted by molar-refractivity contribution is 0.342. The monoisotopic (exact) mass is 234 g/mol. The van der Waals surface area contributed by atoms with Gasteiger partial charge < -0.3 is 5.11 Å². The van der Waals surface area contributed by atoms with Crippen LogP contribution in [0, 0.1) is 0 Å². The maximum atomic E-state index is 8.11. The Morgan fingerprint density at radius 3 is 1.67 bits per heavy atom. The third kappa shape index (κ3) is 22.5. The predicted molar refractivity (Wildman–Crippen MR) is 59.7 cm³/mol. The summed E-state index contributed by atoms with van der Waals surface area (Å²) in [6, 6.07) is 0. The van der Waals surface area contributed by atoms with Gasteiger partial charge in [-0.25, -0.2) is 0 Å². The van der Waals surface area contributed by atoms with Crippen LogP contribution in [0.15, 0.2) is 24.3 Å². The van der Waals surface area contributed by atoms with E-state index in [-0.39, 0.29) is 6.61 Å². The first-order chi connectivity index (χ1) is 5.83. The minimum atomic E-state index is 0.174. The van der Waals surface area contributed by atoms with E-state index >= 15 is 0 Å². The van der Waals surface area contributed by atoms with Crippen molar-refractivity contribution in [1.29, 1.82) is 0 Å². The Bertz CT molecular complexity index is 82.4. The fourth-order valence-electron chi connectivity index (χ4n) is 0.471. The first kappa shape index (κ1) is 14.4. The minimum Gasteiger partial charge on any atom is -0.392 e. The lowest BCUT2D eigenvalue weighted by Gasteiger charge is -1.72. The Morgan fingerprint density at radius 2 is 1.50 bits per heavy atom. The Labute approximate surface area is 84.3 Å². The SMILES string of the molecule is CC/C=C\CBr.CC/C=C\CO. The van der Waals surface area contributed by atoms with E-state index < -0.39 is 0 Å². The Hall–Kier alpha value is -0.0800. The van der Waals surface area contributed by atoms with Crippen LogP contribution in [0.4, 0.5) is 0 Å². The molecule has 0 bridgehead atoms. The van der Waals surface area contributed by atoms with E-state index in [9.17, 15) is 0 Å². The topological polar surface area (TPSA) is 20.2 Å². The molecule has 0 radical (unpaired) electrons. The van der Waals surface area contributed by atoms with Gasteiger partial charge in [-0.1, -0.05) is 54.1 Å². The Kier molecular flexibility index (Phi) is 20.6. The summed E-state index contributed by atoms with van der Waals surface area (Å²) in [5, 5.41) is 9.10. The fourth-order valence-corrected chi connectivity index (χ4v) is 0.735. The van der Waals surface area contributed by atoms with Crippen LogP contribution >= 0.6 is 15.9 Å². The number of hydrogen-bond acceptors (Lipinski definition) is 1. The van der Waals surface area contributed by atoms with Gasteiger partial charge in [0.15, 0.2) is 0 Å². The molecule has 0 aromatic heterocycles. The standard InChI is InChI=1S/C5H9Br.C5H10O/c2*1-2-3-4-5-6/h3-4H,2,5H2,1H3;3-4,6H,2,5H2,1H3/b2*4-3-. The highest BCUT2D eigenvalue weighted by Crippen LogP contribution is 1.83. The van der Waals surface area contributed by atoms with Crippen molar-refractivity contribution in [2.45, 2.75) is 26.7 Å². The van der Waals surface area contributed by atoms with Crippen molar-refractivity contribution in [3.05, 3.63) is 24.3 Å².